The number of hydrogen-bond acceptors (Lipinski definition) is 4. The van der Waals surface area contributed by atoms with Crippen LogP contribution in [0.4, 0.5) is 5.95 Å². The smallest absolute Gasteiger partial charge is 0.226 e. The highest BCUT2D eigenvalue weighted by Gasteiger charge is 2.38. The van der Waals surface area contributed by atoms with Gasteiger partial charge in [-0.25, -0.2) is 5.10 Å². The Morgan fingerprint density at radius 3 is 2.89 bits per heavy atom. The van der Waals surface area contributed by atoms with Crippen LogP contribution in [0.15, 0.2) is 0 Å². The van der Waals surface area contributed by atoms with E-state index in [0.717, 1.165) is 23.9 Å². The van der Waals surface area contributed by atoms with Crippen molar-refractivity contribution in [3.63, 3.8) is 0 Å². The number of aromatic nitrogens is 3. The first-order valence-electron chi connectivity index (χ1n) is 7.40. The zero-order chi connectivity index (χ0) is 12.8. The predicted molar refractivity (Wildman–Crippen MR) is 75.0 cm³/mol. The van der Waals surface area contributed by atoms with Crippen molar-refractivity contribution in [1.82, 2.24) is 14.8 Å². The Balaban J connectivity index is 1.68. The summed E-state index contributed by atoms with van der Waals surface area (Å²) in [5, 5.41) is 7.49. The van der Waals surface area contributed by atoms with Crippen molar-refractivity contribution in [1.29, 1.82) is 0 Å². The highest BCUT2D eigenvalue weighted by molar-refractivity contribution is 7.71. The van der Waals surface area contributed by atoms with Crippen molar-refractivity contribution in [3.05, 3.63) is 4.77 Å². The summed E-state index contributed by atoms with van der Waals surface area (Å²) in [5.74, 6) is 1.05. The van der Waals surface area contributed by atoms with Crippen LogP contribution in [0.2, 0.25) is 0 Å². The average molecular weight is 280 g/mol. The normalized spacial score (nSPS) is 31.3. The number of nitrogens with zero attached hydrogens (tertiary/aromatic N) is 3. The lowest BCUT2D eigenvalue weighted by molar-refractivity contribution is -0.00959. The van der Waals surface area contributed by atoms with Gasteiger partial charge in [-0.05, 0) is 37.9 Å². The Labute approximate surface area is 117 Å². The number of aromatic amines is 1. The summed E-state index contributed by atoms with van der Waals surface area (Å²) in [4.78, 5) is 2.44. The second-order valence-corrected chi connectivity index (χ2v) is 6.27. The number of H-pyrrole nitrogens is 1. The van der Waals surface area contributed by atoms with Crippen LogP contribution in [0.5, 0.6) is 0 Å². The molecule has 0 amide bonds. The van der Waals surface area contributed by atoms with E-state index in [1.54, 1.807) is 0 Å². The maximum Gasteiger partial charge on any atom is 0.226 e. The monoisotopic (exact) mass is 280 g/mol. The van der Waals surface area contributed by atoms with Gasteiger partial charge in [-0.3, -0.25) is 4.57 Å². The van der Waals surface area contributed by atoms with E-state index in [4.69, 9.17) is 17.0 Å². The van der Waals surface area contributed by atoms with Gasteiger partial charge in [-0.2, -0.15) is 0 Å². The third-order valence-electron chi connectivity index (χ3n) is 4.59. The molecule has 1 aliphatic heterocycles. The van der Waals surface area contributed by atoms with E-state index in [-0.39, 0.29) is 0 Å². The maximum atomic E-state index is 5.94. The highest BCUT2D eigenvalue weighted by atomic mass is 32.1. The number of nitrogens with one attached hydrogen (secondary N) is 1. The van der Waals surface area contributed by atoms with Gasteiger partial charge >= 0.3 is 0 Å². The Hall–Kier alpha value is -0.880. The minimum atomic E-state index is 0.389. The highest BCUT2D eigenvalue weighted by Crippen LogP contribution is 2.39. The first-order valence-corrected chi connectivity index (χ1v) is 7.80. The lowest BCUT2D eigenvalue weighted by Crippen LogP contribution is -2.53. The molecule has 3 fully saturated rings. The summed E-state index contributed by atoms with van der Waals surface area (Å²) in [6.07, 6.45) is 7.86. The Bertz CT molecular complexity index is 519. The minimum absolute atomic E-state index is 0.389. The molecule has 19 heavy (non-hydrogen) atoms. The molecule has 1 N–H and O–H groups in total. The van der Waals surface area contributed by atoms with Gasteiger partial charge in [-0.1, -0.05) is 12.8 Å². The van der Waals surface area contributed by atoms with Gasteiger partial charge < -0.3 is 9.64 Å². The number of anilines is 1. The van der Waals surface area contributed by atoms with Gasteiger partial charge in [0.15, 0.2) is 4.77 Å². The molecule has 0 radical (unpaired) electrons. The molecule has 1 saturated heterocycles. The van der Waals surface area contributed by atoms with Crippen molar-refractivity contribution in [2.45, 2.75) is 56.7 Å². The van der Waals surface area contributed by atoms with Crippen LogP contribution < -0.4 is 4.90 Å². The molecule has 5 nitrogen and oxygen atoms in total. The van der Waals surface area contributed by atoms with Crippen LogP contribution >= 0.6 is 12.2 Å². The molecule has 6 heteroatoms. The molecule has 2 atom stereocenters. The largest absolute Gasteiger partial charge is 0.374 e. The van der Waals surface area contributed by atoms with Gasteiger partial charge in [0, 0.05) is 12.6 Å². The van der Waals surface area contributed by atoms with Crippen molar-refractivity contribution < 1.29 is 4.74 Å². The summed E-state index contributed by atoms with van der Waals surface area (Å²) in [6, 6.07) is 1.07. The van der Waals surface area contributed by atoms with Crippen LogP contribution in [-0.2, 0) is 4.74 Å². The Morgan fingerprint density at radius 1 is 1.21 bits per heavy atom. The second-order valence-electron chi connectivity index (χ2n) is 5.88. The van der Waals surface area contributed by atoms with E-state index in [9.17, 15) is 0 Å². The molecule has 0 spiro atoms. The fourth-order valence-corrected chi connectivity index (χ4v) is 3.78. The molecular formula is C13H20N4OS. The predicted octanol–water partition coefficient (Wildman–Crippen LogP) is 2.42. The Kier molecular flexibility index (Phi) is 2.88. The van der Waals surface area contributed by atoms with Gasteiger partial charge in [0.05, 0.1) is 18.8 Å². The van der Waals surface area contributed by atoms with E-state index in [1.807, 2.05) is 0 Å². The van der Waals surface area contributed by atoms with E-state index < -0.39 is 0 Å². The number of morpholine rings is 1. The van der Waals surface area contributed by atoms with Crippen molar-refractivity contribution in [2.24, 2.45) is 0 Å². The third kappa shape index (κ3) is 2.01. The summed E-state index contributed by atoms with van der Waals surface area (Å²) in [7, 11) is 0. The molecule has 1 aromatic rings. The molecule has 0 bridgehead atoms. The van der Waals surface area contributed by atoms with Gasteiger partial charge in [0.2, 0.25) is 5.95 Å². The van der Waals surface area contributed by atoms with E-state index in [1.165, 1.54) is 38.5 Å². The quantitative estimate of drug-likeness (QED) is 0.845. The fraction of sp³-hybridized carbons (Fsp3) is 0.846. The van der Waals surface area contributed by atoms with Crippen molar-refractivity contribution in [3.8, 4) is 0 Å². The molecule has 2 unspecified atom stereocenters. The average Bonchev–Trinajstić information content (AvgIpc) is 3.21. The van der Waals surface area contributed by atoms with E-state index in [0.29, 0.717) is 18.2 Å². The minimum Gasteiger partial charge on any atom is -0.374 e. The summed E-state index contributed by atoms with van der Waals surface area (Å²) in [5.41, 5.74) is 0. The van der Waals surface area contributed by atoms with Crippen molar-refractivity contribution >= 4 is 18.2 Å². The zero-order valence-corrected chi connectivity index (χ0v) is 11.9. The lowest BCUT2D eigenvalue weighted by atomic mass is 9.90. The molecular weight excluding hydrogens is 260 g/mol. The standard InChI is InChI=1S/C13H20N4OS/c19-13-15-14-12(17(13)9-5-6-9)16-7-8-18-11-4-2-1-3-10(11)16/h9-11H,1-8H2,(H,15,19). The topological polar surface area (TPSA) is 46.1 Å². The summed E-state index contributed by atoms with van der Waals surface area (Å²) >= 11 is 5.39. The van der Waals surface area contributed by atoms with Crippen LogP contribution in [0.25, 0.3) is 0 Å². The summed E-state index contributed by atoms with van der Waals surface area (Å²) in [6.45, 7) is 1.75. The number of hydrogen-bond donors (Lipinski definition) is 1. The molecule has 0 aromatic carbocycles. The number of fused-ring (bicyclic) bond motifs is 1. The molecule has 3 aliphatic rings. The SMILES string of the molecule is S=c1[nH]nc(N2CCOC3CCCCC32)n1C1CC1. The van der Waals surface area contributed by atoms with Crippen LogP contribution in [0.3, 0.4) is 0 Å². The first-order chi connectivity index (χ1) is 9.34. The zero-order valence-electron chi connectivity index (χ0n) is 11.0. The van der Waals surface area contributed by atoms with Crippen LogP contribution in [-0.4, -0.2) is 40.1 Å². The fourth-order valence-electron chi connectivity index (χ4n) is 3.51. The second kappa shape index (κ2) is 4.59. The Morgan fingerprint density at radius 2 is 2.05 bits per heavy atom. The van der Waals surface area contributed by atoms with E-state index in [2.05, 4.69) is 19.7 Å². The molecule has 104 valence electrons. The molecule has 2 heterocycles. The molecule has 4 rings (SSSR count). The third-order valence-corrected chi connectivity index (χ3v) is 4.87. The van der Waals surface area contributed by atoms with Gasteiger partial charge in [-0.15, -0.1) is 5.10 Å². The number of rotatable bonds is 2. The van der Waals surface area contributed by atoms with Crippen molar-refractivity contribution in [2.75, 3.05) is 18.1 Å². The van der Waals surface area contributed by atoms with Crippen LogP contribution in [0, 0.1) is 4.77 Å². The maximum absolute atomic E-state index is 5.94. The molecule has 2 aliphatic carbocycles. The molecule has 1 aromatic heterocycles. The lowest BCUT2D eigenvalue weighted by Gasteiger charge is -2.44. The van der Waals surface area contributed by atoms with E-state index >= 15 is 0 Å². The van der Waals surface area contributed by atoms with Crippen LogP contribution in [0.1, 0.15) is 44.6 Å². The van der Waals surface area contributed by atoms with Gasteiger partial charge in [0.1, 0.15) is 0 Å². The number of ether oxygens (including phenoxy) is 1. The summed E-state index contributed by atoms with van der Waals surface area (Å²) < 4.78 is 8.94. The van der Waals surface area contributed by atoms with Gasteiger partial charge in [0.25, 0.3) is 0 Å². The molecule has 2 saturated carbocycles. The first kappa shape index (κ1) is 11.9.